The highest BCUT2D eigenvalue weighted by Crippen LogP contribution is 2.34. The lowest BCUT2D eigenvalue weighted by molar-refractivity contribution is 0.415. The molecule has 4 aromatic carbocycles. The van der Waals surface area contributed by atoms with Crippen LogP contribution in [0.2, 0.25) is 0 Å². The molecule has 2 N–H and O–H groups in total. The zero-order chi connectivity index (χ0) is 24.6. The molecule has 36 heavy (non-hydrogen) atoms. The van der Waals surface area contributed by atoms with Crippen molar-refractivity contribution in [2.24, 2.45) is 0 Å². The van der Waals surface area contributed by atoms with Gasteiger partial charge in [0, 0.05) is 22.1 Å². The van der Waals surface area contributed by atoms with E-state index in [0.29, 0.717) is 11.5 Å². The summed E-state index contributed by atoms with van der Waals surface area (Å²) in [6.07, 6.45) is 3.32. The lowest BCUT2D eigenvalue weighted by Crippen LogP contribution is -1.94. The third-order valence-electron chi connectivity index (χ3n) is 6.01. The summed E-state index contributed by atoms with van der Waals surface area (Å²) in [5.74, 6) is 1.23. The van der Waals surface area contributed by atoms with Crippen LogP contribution in [0.4, 0.5) is 0 Å². The van der Waals surface area contributed by atoms with Crippen molar-refractivity contribution < 1.29 is 23.8 Å². The van der Waals surface area contributed by atoms with Gasteiger partial charge in [-0.15, -0.1) is 0 Å². The maximum absolute atomic E-state index is 12.5. The van der Waals surface area contributed by atoms with Crippen molar-refractivity contribution in [2.45, 2.75) is 0 Å². The first-order valence-corrected chi connectivity index (χ1v) is 12.5. The predicted octanol–water partition coefficient (Wildman–Crippen LogP) is 6.83. The van der Waals surface area contributed by atoms with Crippen LogP contribution in [-0.2, 0) is 4.57 Å². The first-order chi connectivity index (χ1) is 17.6. The van der Waals surface area contributed by atoms with E-state index in [1.54, 1.807) is 36.7 Å². The van der Waals surface area contributed by atoms with Gasteiger partial charge in [0.1, 0.15) is 23.0 Å². The maximum atomic E-state index is 12.5. The molecule has 0 aliphatic rings. The molecule has 0 amide bonds. The zero-order valence-electron chi connectivity index (χ0n) is 18.9. The minimum atomic E-state index is -2.85. The van der Waals surface area contributed by atoms with Crippen molar-refractivity contribution in [3.05, 3.63) is 109 Å². The lowest BCUT2D eigenvalue weighted by atomic mass is 10.2. The summed E-state index contributed by atoms with van der Waals surface area (Å²) < 4.78 is 27.3. The predicted molar refractivity (Wildman–Crippen MR) is 140 cm³/mol. The van der Waals surface area contributed by atoms with Crippen LogP contribution in [-0.4, -0.2) is 19.3 Å². The van der Waals surface area contributed by atoms with Gasteiger partial charge in [-0.05, 0) is 72.8 Å². The van der Waals surface area contributed by atoms with Crippen LogP contribution in [0.5, 0.6) is 23.0 Å². The highest BCUT2D eigenvalue weighted by atomic mass is 31.1. The Morgan fingerprint density at radius 1 is 0.556 bits per heavy atom. The number of fused-ring (bicyclic) bond motifs is 2. The van der Waals surface area contributed by atoms with Gasteiger partial charge in [0.2, 0.25) is 0 Å². The van der Waals surface area contributed by atoms with Gasteiger partial charge in [-0.25, -0.2) is 4.57 Å². The second kappa shape index (κ2) is 8.87. The Balaban J connectivity index is 1.15. The molecule has 0 saturated carbocycles. The molecule has 0 spiro atoms. The molecule has 0 bridgehead atoms. The SMILES string of the molecule is O=[PH](Oc1ccc(-n2cc(O)c3ccccc32)cc1)Oc1ccc(-n2cc(O)c3ccccc32)cc1. The molecule has 8 heteroatoms. The average Bonchev–Trinajstić information content (AvgIpc) is 3.42. The van der Waals surface area contributed by atoms with Crippen LogP contribution in [0, 0.1) is 0 Å². The maximum Gasteiger partial charge on any atom is 0.418 e. The molecule has 0 fully saturated rings. The fraction of sp³-hybridized carbons (Fsp3) is 0. The minimum absolute atomic E-state index is 0.206. The fourth-order valence-corrected chi connectivity index (χ4v) is 5.01. The van der Waals surface area contributed by atoms with Crippen LogP contribution in [0.25, 0.3) is 33.2 Å². The summed E-state index contributed by atoms with van der Waals surface area (Å²) in [5, 5.41) is 21.9. The van der Waals surface area contributed by atoms with Crippen molar-refractivity contribution in [1.29, 1.82) is 0 Å². The molecule has 6 aromatic rings. The van der Waals surface area contributed by atoms with E-state index in [0.717, 1.165) is 33.2 Å². The van der Waals surface area contributed by atoms with Crippen LogP contribution >= 0.6 is 8.25 Å². The Labute approximate surface area is 206 Å². The number of nitrogens with zero attached hydrogens (tertiary/aromatic N) is 2. The van der Waals surface area contributed by atoms with E-state index in [2.05, 4.69) is 0 Å². The first kappa shape index (κ1) is 21.9. The Hall–Kier alpha value is -4.61. The van der Waals surface area contributed by atoms with Crippen molar-refractivity contribution in [1.82, 2.24) is 9.13 Å². The van der Waals surface area contributed by atoms with E-state index in [1.807, 2.05) is 81.9 Å². The standard InChI is InChI=1S/C28H21N2O5P/c31-27-17-29(25-7-3-1-5-23(25)27)19-9-13-21(14-10-19)34-36(33)35-22-15-11-20(12-16-22)30-18-28(32)24-6-2-4-8-26(24)30/h1-18,31-32,36H. The molecule has 7 nitrogen and oxygen atoms in total. The summed E-state index contributed by atoms with van der Waals surface area (Å²) >= 11 is 0. The summed E-state index contributed by atoms with van der Waals surface area (Å²) in [6, 6.07) is 29.3. The normalized spacial score (nSPS) is 11.4. The molecule has 0 aliphatic heterocycles. The largest absolute Gasteiger partial charge is 0.506 e. The summed E-state index contributed by atoms with van der Waals surface area (Å²) in [5.41, 5.74) is 3.43. The molecule has 2 heterocycles. The van der Waals surface area contributed by atoms with Crippen molar-refractivity contribution >= 4 is 30.1 Å². The second-order valence-electron chi connectivity index (χ2n) is 8.24. The molecule has 0 saturated heterocycles. The zero-order valence-corrected chi connectivity index (χ0v) is 19.9. The number of benzene rings is 4. The summed E-state index contributed by atoms with van der Waals surface area (Å²) in [6.45, 7) is 0. The third-order valence-corrected chi connectivity index (χ3v) is 6.82. The molecule has 178 valence electrons. The number of hydrogen-bond acceptors (Lipinski definition) is 5. The quantitative estimate of drug-likeness (QED) is 0.247. The first-order valence-electron chi connectivity index (χ1n) is 11.3. The minimum Gasteiger partial charge on any atom is -0.506 e. The molecule has 0 aliphatic carbocycles. The van der Waals surface area contributed by atoms with Gasteiger partial charge < -0.3 is 28.4 Å². The van der Waals surface area contributed by atoms with Gasteiger partial charge in [0.25, 0.3) is 0 Å². The molecule has 0 radical (unpaired) electrons. The van der Waals surface area contributed by atoms with Gasteiger partial charge in [-0.1, -0.05) is 24.3 Å². The van der Waals surface area contributed by atoms with E-state index < -0.39 is 8.25 Å². The lowest BCUT2D eigenvalue weighted by Gasteiger charge is -2.11. The summed E-state index contributed by atoms with van der Waals surface area (Å²) in [4.78, 5) is 0. The van der Waals surface area contributed by atoms with E-state index in [4.69, 9.17) is 9.05 Å². The van der Waals surface area contributed by atoms with Crippen molar-refractivity contribution in [2.75, 3.05) is 0 Å². The Bertz CT molecular complexity index is 1590. The number of para-hydroxylation sites is 2. The number of hydrogen-bond donors (Lipinski definition) is 2. The van der Waals surface area contributed by atoms with E-state index in [-0.39, 0.29) is 11.5 Å². The average molecular weight is 496 g/mol. The van der Waals surface area contributed by atoms with Crippen LogP contribution < -0.4 is 9.05 Å². The highest BCUT2D eigenvalue weighted by molar-refractivity contribution is 7.34. The van der Waals surface area contributed by atoms with Gasteiger partial charge in [0.05, 0.1) is 23.4 Å². The van der Waals surface area contributed by atoms with Crippen molar-refractivity contribution in [3.63, 3.8) is 0 Å². The Morgan fingerprint density at radius 3 is 1.36 bits per heavy atom. The topological polar surface area (TPSA) is 85.9 Å². The molecule has 0 atom stereocenters. The van der Waals surface area contributed by atoms with Gasteiger partial charge in [-0.2, -0.15) is 0 Å². The third kappa shape index (κ3) is 3.96. The second-order valence-corrected chi connectivity index (χ2v) is 9.15. The fourth-order valence-electron chi connectivity index (χ4n) is 4.31. The Kier molecular flexibility index (Phi) is 5.40. The van der Waals surface area contributed by atoms with E-state index in [1.165, 1.54) is 0 Å². The van der Waals surface area contributed by atoms with Crippen LogP contribution in [0.1, 0.15) is 0 Å². The number of rotatable bonds is 6. The monoisotopic (exact) mass is 496 g/mol. The number of aromatic hydroxyl groups is 2. The van der Waals surface area contributed by atoms with Gasteiger partial charge >= 0.3 is 8.25 Å². The Morgan fingerprint density at radius 2 is 0.944 bits per heavy atom. The number of aromatic nitrogens is 2. The van der Waals surface area contributed by atoms with Gasteiger partial charge in [0.15, 0.2) is 0 Å². The van der Waals surface area contributed by atoms with E-state index >= 15 is 0 Å². The smallest absolute Gasteiger partial charge is 0.418 e. The van der Waals surface area contributed by atoms with Crippen LogP contribution in [0.15, 0.2) is 109 Å². The summed E-state index contributed by atoms with van der Waals surface area (Å²) in [7, 11) is -2.85. The molecular weight excluding hydrogens is 475 g/mol. The molecular formula is C28H21N2O5P. The van der Waals surface area contributed by atoms with Crippen molar-refractivity contribution in [3.8, 4) is 34.4 Å². The highest BCUT2D eigenvalue weighted by Gasteiger charge is 2.11. The molecule has 6 rings (SSSR count). The van der Waals surface area contributed by atoms with E-state index in [9.17, 15) is 14.8 Å². The molecule has 2 aromatic heterocycles. The molecule has 0 unspecified atom stereocenters. The van der Waals surface area contributed by atoms with Gasteiger partial charge in [-0.3, -0.25) is 0 Å². The van der Waals surface area contributed by atoms with Crippen LogP contribution in [0.3, 0.4) is 0 Å².